The molecule has 134 valence electrons. The second-order valence-electron chi connectivity index (χ2n) is 6.20. The third kappa shape index (κ3) is 6.78. The predicted octanol–water partition coefficient (Wildman–Crippen LogP) is -0.124. The van der Waals surface area contributed by atoms with Crippen molar-refractivity contribution in [3.05, 3.63) is 18.2 Å². The number of nitrogens with one attached hydrogen (secondary N) is 2. The lowest BCUT2D eigenvalue weighted by atomic mass is 9.98. The summed E-state index contributed by atoms with van der Waals surface area (Å²) in [6.45, 7) is 4.71. The highest BCUT2D eigenvalue weighted by Gasteiger charge is 2.26. The van der Waals surface area contributed by atoms with E-state index in [1.807, 2.05) is 0 Å². The molecule has 0 saturated carbocycles. The number of H-pyrrole nitrogens is 1. The van der Waals surface area contributed by atoms with Crippen LogP contribution in [0.4, 0.5) is 0 Å². The quantitative estimate of drug-likeness (QED) is 0.443. The van der Waals surface area contributed by atoms with Crippen LogP contribution in [0.15, 0.2) is 12.5 Å². The number of carbonyl (C=O) groups excluding carboxylic acids is 3. The fourth-order valence-electron chi connectivity index (χ4n) is 1.67. The molecule has 0 spiro atoms. The van der Waals surface area contributed by atoms with Gasteiger partial charge in [0.2, 0.25) is 12.7 Å². The summed E-state index contributed by atoms with van der Waals surface area (Å²) in [7, 11) is 0. The molecule has 1 aromatic rings. The van der Waals surface area contributed by atoms with Crippen molar-refractivity contribution in [3.63, 3.8) is 0 Å². The normalized spacial score (nSPS) is 12.3. The lowest BCUT2D eigenvalue weighted by Gasteiger charge is -2.19. The largest absolute Gasteiger partial charge is 0.427 e. The molecule has 1 aromatic heterocycles. The highest BCUT2D eigenvalue weighted by atomic mass is 16.7. The van der Waals surface area contributed by atoms with Crippen LogP contribution >= 0.6 is 0 Å². The van der Waals surface area contributed by atoms with Gasteiger partial charge in [-0.05, 0) is 20.8 Å². The van der Waals surface area contributed by atoms with Gasteiger partial charge in [0.15, 0.2) is 0 Å². The Morgan fingerprint density at radius 2 is 2.04 bits per heavy atom. The van der Waals surface area contributed by atoms with Crippen molar-refractivity contribution in [1.29, 1.82) is 0 Å². The molecule has 0 aliphatic heterocycles. The number of nitrogens with zero attached hydrogens (tertiary/aromatic N) is 1. The van der Waals surface area contributed by atoms with Crippen LogP contribution in [-0.2, 0) is 30.3 Å². The zero-order valence-electron chi connectivity index (χ0n) is 14.1. The Balaban J connectivity index is 2.59. The maximum atomic E-state index is 12.1. The van der Waals surface area contributed by atoms with E-state index in [4.69, 9.17) is 15.2 Å². The first-order chi connectivity index (χ1) is 11.2. The van der Waals surface area contributed by atoms with Crippen LogP contribution in [0.5, 0.6) is 0 Å². The fourth-order valence-corrected chi connectivity index (χ4v) is 1.67. The highest BCUT2D eigenvalue weighted by Crippen LogP contribution is 2.15. The summed E-state index contributed by atoms with van der Waals surface area (Å²) in [4.78, 5) is 42.2. The van der Waals surface area contributed by atoms with Gasteiger partial charge < -0.3 is 25.5 Å². The number of hydrogen-bond donors (Lipinski definition) is 3. The number of hydrogen-bond acceptors (Lipinski definition) is 7. The molecule has 0 saturated heterocycles. The van der Waals surface area contributed by atoms with Gasteiger partial charge in [-0.3, -0.25) is 9.59 Å². The average Bonchev–Trinajstić information content (AvgIpc) is 2.98. The van der Waals surface area contributed by atoms with Crippen molar-refractivity contribution in [1.82, 2.24) is 15.3 Å². The molecule has 1 amide bonds. The molecule has 1 unspecified atom stereocenters. The van der Waals surface area contributed by atoms with E-state index in [9.17, 15) is 14.4 Å². The minimum Gasteiger partial charge on any atom is -0.427 e. The van der Waals surface area contributed by atoms with Crippen LogP contribution < -0.4 is 11.1 Å². The molecule has 9 heteroatoms. The third-order valence-electron chi connectivity index (χ3n) is 2.97. The summed E-state index contributed by atoms with van der Waals surface area (Å²) in [5, 5.41) is 2.54. The number of carbonyl (C=O) groups is 3. The van der Waals surface area contributed by atoms with Crippen LogP contribution in [0, 0.1) is 5.41 Å². The van der Waals surface area contributed by atoms with Gasteiger partial charge in [0.25, 0.3) is 0 Å². The first kappa shape index (κ1) is 19.6. The standard InChI is InChI=1S/C15H24N4O5/c1-15(2,3)14(22)24-9-23-13(21)11(19-12(20)4-5-16)6-10-7-17-8-18-10/h7-8,11H,4-6,9,16H2,1-3H3,(H,17,18)(H,19,20). The summed E-state index contributed by atoms with van der Waals surface area (Å²) in [6.07, 6.45) is 3.26. The molecule has 0 aliphatic rings. The van der Waals surface area contributed by atoms with Gasteiger partial charge >= 0.3 is 11.9 Å². The van der Waals surface area contributed by atoms with Gasteiger partial charge in [0, 0.05) is 31.3 Å². The Bertz CT molecular complexity index is 551. The monoisotopic (exact) mass is 340 g/mol. The lowest BCUT2D eigenvalue weighted by molar-refractivity contribution is -0.174. The van der Waals surface area contributed by atoms with Gasteiger partial charge in [-0.2, -0.15) is 0 Å². The number of imidazole rings is 1. The van der Waals surface area contributed by atoms with E-state index in [1.54, 1.807) is 20.8 Å². The first-order valence-corrected chi connectivity index (χ1v) is 7.54. The first-order valence-electron chi connectivity index (χ1n) is 7.54. The second-order valence-corrected chi connectivity index (χ2v) is 6.20. The Kier molecular flexibility index (Phi) is 7.37. The van der Waals surface area contributed by atoms with Crippen molar-refractivity contribution in [3.8, 4) is 0 Å². The maximum absolute atomic E-state index is 12.1. The van der Waals surface area contributed by atoms with E-state index < -0.39 is 30.2 Å². The molecular weight excluding hydrogens is 316 g/mol. The molecule has 1 heterocycles. The predicted molar refractivity (Wildman–Crippen MR) is 84.4 cm³/mol. The van der Waals surface area contributed by atoms with Gasteiger partial charge in [-0.1, -0.05) is 0 Å². The summed E-state index contributed by atoms with van der Waals surface area (Å²) in [6, 6.07) is -0.933. The number of aromatic amines is 1. The fraction of sp³-hybridized carbons (Fsp3) is 0.600. The molecular formula is C15H24N4O5. The van der Waals surface area contributed by atoms with Crippen LogP contribution in [0.1, 0.15) is 32.9 Å². The van der Waals surface area contributed by atoms with Gasteiger partial charge in [0.05, 0.1) is 11.7 Å². The van der Waals surface area contributed by atoms with E-state index in [2.05, 4.69) is 15.3 Å². The summed E-state index contributed by atoms with van der Waals surface area (Å²) in [5.74, 6) is -1.57. The minimum atomic E-state index is -0.933. The molecule has 0 bridgehead atoms. The van der Waals surface area contributed by atoms with Crippen LogP contribution in [0.2, 0.25) is 0 Å². The Hall–Kier alpha value is -2.42. The molecule has 1 atom stereocenters. The molecule has 0 radical (unpaired) electrons. The lowest BCUT2D eigenvalue weighted by Crippen LogP contribution is -2.44. The Labute approximate surface area is 140 Å². The zero-order valence-corrected chi connectivity index (χ0v) is 14.1. The van der Waals surface area contributed by atoms with Gasteiger partial charge in [-0.25, -0.2) is 9.78 Å². The zero-order chi connectivity index (χ0) is 18.2. The summed E-state index contributed by atoms with van der Waals surface area (Å²) < 4.78 is 9.82. The molecule has 1 rings (SSSR count). The molecule has 4 N–H and O–H groups in total. The SMILES string of the molecule is CC(C)(C)C(=O)OCOC(=O)C(Cc1cnc[nH]1)NC(=O)CCN. The van der Waals surface area contributed by atoms with Crippen LogP contribution in [-0.4, -0.2) is 47.2 Å². The van der Waals surface area contributed by atoms with E-state index in [1.165, 1.54) is 12.5 Å². The number of nitrogens with two attached hydrogens (primary N) is 1. The molecule has 24 heavy (non-hydrogen) atoms. The minimum absolute atomic E-state index is 0.0891. The van der Waals surface area contributed by atoms with Gasteiger partial charge in [-0.15, -0.1) is 0 Å². The number of esters is 2. The van der Waals surface area contributed by atoms with Crippen molar-refractivity contribution in [2.45, 2.75) is 39.7 Å². The number of ether oxygens (including phenoxy) is 2. The van der Waals surface area contributed by atoms with E-state index in [0.29, 0.717) is 5.69 Å². The highest BCUT2D eigenvalue weighted by molar-refractivity contribution is 5.84. The molecule has 9 nitrogen and oxygen atoms in total. The molecule has 0 aromatic carbocycles. The number of amides is 1. The van der Waals surface area contributed by atoms with Gasteiger partial charge in [0.1, 0.15) is 6.04 Å². The Morgan fingerprint density at radius 1 is 1.33 bits per heavy atom. The molecule has 0 aliphatic carbocycles. The topological polar surface area (TPSA) is 136 Å². The smallest absolute Gasteiger partial charge is 0.331 e. The average molecular weight is 340 g/mol. The second kappa shape index (κ2) is 9.02. The van der Waals surface area contributed by atoms with Crippen molar-refractivity contribution in [2.75, 3.05) is 13.3 Å². The number of aromatic nitrogens is 2. The van der Waals surface area contributed by atoms with E-state index in [0.717, 1.165) is 0 Å². The Morgan fingerprint density at radius 3 is 2.58 bits per heavy atom. The van der Waals surface area contributed by atoms with E-state index in [-0.39, 0.29) is 25.3 Å². The molecule has 0 fully saturated rings. The number of rotatable bonds is 8. The third-order valence-corrected chi connectivity index (χ3v) is 2.97. The van der Waals surface area contributed by atoms with Crippen LogP contribution in [0.3, 0.4) is 0 Å². The van der Waals surface area contributed by atoms with Crippen molar-refractivity contribution in [2.24, 2.45) is 11.1 Å². The maximum Gasteiger partial charge on any atom is 0.331 e. The van der Waals surface area contributed by atoms with E-state index >= 15 is 0 Å². The van der Waals surface area contributed by atoms with Crippen molar-refractivity contribution >= 4 is 17.8 Å². The summed E-state index contributed by atoms with van der Waals surface area (Å²) in [5.41, 5.74) is 5.27. The van der Waals surface area contributed by atoms with Crippen molar-refractivity contribution < 1.29 is 23.9 Å². The van der Waals surface area contributed by atoms with Crippen LogP contribution in [0.25, 0.3) is 0 Å². The summed E-state index contributed by atoms with van der Waals surface area (Å²) >= 11 is 0.